The number of hydrogen-bond acceptors (Lipinski definition) is 9. The second-order valence-corrected chi connectivity index (χ2v) is 8.07. The summed E-state index contributed by atoms with van der Waals surface area (Å²) in [6.07, 6.45) is -2.23. The molecule has 0 bridgehead atoms. The van der Waals surface area contributed by atoms with Gasteiger partial charge in [-0.1, -0.05) is 12.0 Å². The van der Waals surface area contributed by atoms with Gasteiger partial charge in [0.15, 0.2) is 11.4 Å². The molecule has 12 heteroatoms. The molecule has 0 spiro atoms. The molecule has 0 saturated heterocycles. The Labute approximate surface area is 179 Å². The van der Waals surface area contributed by atoms with Crippen LogP contribution in [-0.4, -0.2) is 54.7 Å². The van der Waals surface area contributed by atoms with Crippen molar-refractivity contribution in [3.8, 4) is 5.75 Å². The molecule has 12 nitrogen and oxygen atoms in total. The van der Waals surface area contributed by atoms with E-state index >= 15 is 0 Å². The van der Waals surface area contributed by atoms with Crippen LogP contribution in [0.15, 0.2) is 39.9 Å². The molecule has 0 fully saturated rings. The molecule has 0 unspecified atom stereocenters. The fraction of sp³-hybridized carbons (Fsp3) is 0.350. The summed E-state index contributed by atoms with van der Waals surface area (Å²) < 4.78 is 0. The molecule has 0 aliphatic heterocycles. The average Bonchev–Trinajstić information content (AvgIpc) is 2.72. The summed E-state index contributed by atoms with van der Waals surface area (Å²) in [5.74, 6) is -9.66. The molecule has 1 aromatic carbocycles. The first-order valence-electron chi connectivity index (χ1n) is 9.54. The van der Waals surface area contributed by atoms with Gasteiger partial charge in [0.1, 0.15) is 22.8 Å². The standard InChI is InChI=1S/C20H18N4O8/c1-5-10-7(23-24-22)2-3-8(25)12(10)16(28)14-11(5)15(27)6-4-9(26)13(19(21)31)17(29)20(6,32)18(14)30/h2-3,5-6,11,15,25-27,30,32H,4H2,1H3,(H2,21,31)/t5-,6+,11+,15+,20+/m0/s1. The number of allylic oxidation sites excluding steroid dienone is 1. The Morgan fingerprint density at radius 3 is 2.53 bits per heavy atom. The highest BCUT2D eigenvalue weighted by molar-refractivity contribution is 6.24. The summed E-state index contributed by atoms with van der Waals surface area (Å²) in [6, 6.07) is 2.40. The smallest absolute Gasteiger partial charge is 0.255 e. The van der Waals surface area contributed by atoms with Crippen molar-refractivity contribution in [2.45, 2.75) is 31.0 Å². The van der Waals surface area contributed by atoms with Gasteiger partial charge in [0.2, 0.25) is 5.78 Å². The van der Waals surface area contributed by atoms with Crippen LogP contribution in [-0.2, 0) is 9.59 Å². The van der Waals surface area contributed by atoms with Crippen LogP contribution in [0.25, 0.3) is 10.4 Å². The minimum absolute atomic E-state index is 0.0196. The predicted molar refractivity (Wildman–Crippen MR) is 106 cm³/mol. The van der Waals surface area contributed by atoms with Crippen LogP contribution < -0.4 is 5.73 Å². The van der Waals surface area contributed by atoms with E-state index in [0.717, 1.165) is 6.07 Å². The number of rotatable bonds is 2. The van der Waals surface area contributed by atoms with Crippen LogP contribution in [0.5, 0.6) is 5.75 Å². The number of carbonyl (C=O) groups excluding carboxylic acids is 3. The molecule has 3 aliphatic carbocycles. The lowest BCUT2D eigenvalue weighted by Gasteiger charge is -2.50. The number of aliphatic hydroxyl groups excluding tert-OH is 3. The normalized spacial score (nSPS) is 31.5. The molecule has 1 amide bonds. The number of nitrogens with zero attached hydrogens (tertiary/aromatic N) is 3. The van der Waals surface area contributed by atoms with Gasteiger partial charge < -0.3 is 31.3 Å². The number of benzene rings is 1. The molecule has 32 heavy (non-hydrogen) atoms. The number of fused-ring (bicyclic) bond motifs is 3. The number of nitrogens with two attached hydrogens (primary N) is 1. The number of azide groups is 1. The average molecular weight is 442 g/mol. The summed E-state index contributed by atoms with van der Waals surface area (Å²) in [4.78, 5) is 40.6. The van der Waals surface area contributed by atoms with Crippen molar-refractivity contribution in [1.82, 2.24) is 0 Å². The molecule has 7 N–H and O–H groups in total. The highest BCUT2D eigenvalue weighted by atomic mass is 16.4. The number of carbonyl (C=O) groups is 3. The molecular weight excluding hydrogens is 424 g/mol. The van der Waals surface area contributed by atoms with Crippen molar-refractivity contribution in [1.29, 1.82) is 0 Å². The highest BCUT2D eigenvalue weighted by Crippen LogP contribution is 2.56. The Morgan fingerprint density at radius 2 is 1.94 bits per heavy atom. The van der Waals surface area contributed by atoms with Gasteiger partial charge in [-0.3, -0.25) is 14.4 Å². The van der Waals surface area contributed by atoms with E-state index < -0.39 is 81.8 Å². The minimum atomic E-state index is -2.90. The number of ketones is 2. The Hall–Kier alpha value is -3.86. The fourth-order valence-corrected chi connectivity index (χ4v) is 5.19. The van der Waals surface area contributed by atoms with Gasteiger partial charge in [-0.15, -0.1) is 0 Å². The van der Waals surface area contributed by atoms with E-state index in [4.69, 9.17) is 11.3 Å². The number of aliphatic hydroxyl groups is 4. The Bertz CT molecular complexity index is 1230. The van der Waals surface area contributed by atoms with E-state index in [9.17, 15) is 39.9 Å². The lowest BCUT2D eigenvalue weighted by Crippen LogP contribution is -2.62. The number of phenolic OH excluding ortho intramolecular Hbond substituents is 1. The molecule has 0 heterocycles. The number of primary amides is 1. The zero-order valence-corrected chi connectivity index (χ0v) is 16.6. The molecule has 5 atom stereocenters. The largest absolute Gasteiger partial charge is 0.511 e. The number of hydrogen-bond donors (Lipinski definition) is 6. The van der Waals surface area contributed by atoms with Gasteiger partial charge in [-0.05, 0) is 29.1 Å². The van der Waals surface area contributed by atoms with Crippen LogP contribution in [0, 0.1) is 11.8 Å². The van der Waals surface area contributed by atoms with Gasteiger partial charge in [-0.2, -0.15) is 0 Å². The zero-order chi connectivity index (χ0) is 23.7. The van der Waals surface area contributed by atoms with Crippen molar-refractivity contribution in [3.05, 3.63) is 56.4 Å². The van der Waals surface area contributed by atoms with Crippen molar-refractivity contribution < 1.29 is 39.9 Å². The molecule has 4 rings (SSSR count). The van der Waals surface area contributed by atoms with E-state index in [1.54, 1.807) is 6.92 Å². The molecule has 0 saturated carbocycles. The summed E-state index contributed by atoms with van der Waals surface area (Å²) >= 11 is 0. The Balaban J connectivity index is 2.03. The second kappa shape index (κ2) is 6.82. The molecule has 1 aromatic rings. The lowest BCUT2D eigenvalue weighted by atomic mass is 9.56. The van der Waals surface area contributed by atoms with Crippen LogP contribution in [0.3, 0.4) is 0 Å². The summed E-state index contributed by atoms with van der Waals surface area (Å²) in [5.41, 5.74) is 9.46. The monoisotopic (exact) mass is 442 g/mol. The number of Topliss-reactive ketones (excluding diaryl/α,β-unsaturated/α-hetero) is 2. The quantitative estimate of drug-likeness (QED) is 0.167. The van der Waals surface area contributed by atoms with E-state index in [-0.39, 0.29) is 16.8 Å². The second-order valence-electron chi connectivity index (χ2n) is 8.07. The molecule has 3 aliphatic rings. The molecule has 0 radical (unpaired) electrons. The van der Waals surface area contributed by atoms with Gasteiger partial charge in [0.25, 0.3) is 5.91 Å². The third-order valence-electron chi connectivity index (χ3n) is 6.61. The number of amides is 1. The molecular formula is C20H18N4O8. The number of aromatic hydroxyl groups is 1. The Morgan fingerprint density at radius 1 is 1.28 bits per heavy atom. The van der Waals surface area contributed by atoms with Crippen molar-refractivity contribution in [2.75, 3.05) is 0 Å². The summed E-state index contributed by atoms with van der Waals surface area (Å²) in [5, 5.41) is 57.3. The van der Waals surface area contributed by atoms with Gasteiger partial charge >= 0.3 is 0 Å². The number of phenols is 1. The van der Waals surface area contributed by atoms with Crippen molar-refractivity contribution in [3.63, 3.8) is 0 Å². The SMILES string of the molecule is C[C@H]1c2c(N=[N+]=[N-])ccc(O)c2C(=O)C2=C(O)[C@]3(O)C(=O)C(C(N)=O)=C(O)C[C@@H]3[C@@H](O)[C@@H]21. The first kappa shape index (κ1) is 21.4. The van der Waals surface area contributed by atoms with Gasteiger partial charge in [0.05, 0.1) is 11.7 Å². The van der Waals surface area contributed by atoms with E-state index in [1.807, 2.05) is 0 Å². The zero-order valence-electron chi connectivity index (χ0n) is 16.6. The van der Waals surface area contributed by atoms with Gasteiger partial charge in [-0.25, -0.2) is 0 Å². The van der Waals surface area contributed by atoms with E-state index in [2.05, 4.69) is 10.0 Å². The Kier molecular flexibility index (Phi) is 4.56. The summed E-state index contributed by atoms with van der Waals surface area (Å²) in [6.45, 7) is 1.54. The first-order chi connectivity index (χ1) is 15.0. The molecule has 0 aromatic heterocycles. The summed E-state index contributed by atoms with van der Waals surface area (Å²) in [7, 11) is 0. The van der Waals surface area contributed by atoms with Crippen LogP contribution >= 0.6 is 0 Å². The first-order valence-corrected chi connectivity index (χ1v) is 9.54. The van der Waals surface area contributed by atoms with Gasteiger partial charge in [0, 0.05) is 34.4 Å². The van der Waals surface area contributed by atoms with Crippen LogP contribution in [0.2, 0.25) is 0 Å². The van der Waals surface area contributed by atoms with Crippen molar-refractivity contribution in [2.24, 2.45) is 22.7 Å². The van der Waals surface area contributed by atoms with E-state index in [0.29, 0.717) is 0 Å². The highest BCUT2D eigenvalue weighted by Gasteiger charge is 2.64. The topological polar surface area (TPSA) is 227 Å². The maximum atomic E-state index is 13.3. The van der Waals surface area contributed by atoms with Crippen LogP contribution in [0.1, 0.15) is 35.2 Å². The third-order valence-corrected chi connectivity index (χ3v) is 6.61. The maximum Gasteiger partial charge on any atom is 0.255 e. The van der Waals surface area contributed by atoms with Crippen molar-refractivity contribution >= 4 is 23.2 Å². The third kappa shape index (κ3) is 2.45. The van der Waals surface area contributed by atoms with E-state index in [1.165, 1.54) is 6.07 Å². The lowest BCUT2D eigenvalue weighted by molar-refractivity contribution is -0.154. The minimum Gasteiger partial charge on any atom is -0.511 e. The maximum absolute atomic E-state index is 13.3. The predicted octanol–water partition coefficient (Wildman–Crippen LogP) is 1.05. The molecule has 166 valence electrons. The van der Waals surface area contributed by atoms with Crippen LogP contribution in [0.4, 0.5) is 5.69 Å². The fourth-order valence-electron chi connectivity index (χ4n) is 5.19.